The molecule has 0 fully saturated rings. The second-order valence-corrected chi connectivity index (χ2v) is 15.7. The fourth-order valence-corrected chi connectivity index (χ4v) is 3.88. The lowest BCUT2D eigenvalue weighted by Crippen LogP contribution is -2.41. The normalized spacial score (nSPS) is 14.8. The Morgan fingerprint density at radius 3 is 2.14 bits per heavy atom. The van der Waals surface area contributed by atoms with E-state index in [0.717, 1.165) is 12.8 Å². The first-order chi connectivity index (χ1) is 12.8. The lowest BCUT2D eigenvalue weighted by Gasteiger charge is -2.36. The molecule has 5 nitrogen and oxygen atoms in total. The zero-order valence-electron chi connectivity index (χ0n) is 19.1. The molecule has 0 saturated heterocycles. The molecule has 0 rings (SSSR count). The van der Waals surface area contributed by atoms with Crippen molar-refractivity contribution in [3.63, 3.8) is 0 Å². The molecule has 162 valence electrons. The summed E-state index contributed by atoms with van der Waals surface area (Å²) in [7, 11) is -2.46. The summed E-state index contributed by atoms with van der Waals surface area (Å²) in [6.45, 7) is 16.1. The van der Waals surface area contributed by atoms with Crippen LogP contribution in [0.2, 0.25) is 18.1 Å². The zero-order chi connectivity index (χ0) is 22.0. The Morgan fingerprint density at radius 1 is 1.07 bits per heavy atom. The molecular formula is C21H39O5PSi. The topological polar surface area (TPSA) is 61.8 Å². The van der Waals surface area contributed by atoms with Crippen LogP contribution >= 0.6 is 7.60 Å². The molecule has 0 aliphatic rings. The quantitative estimate of drug-likeness (QED) is 0.120. The Labute approximate surface area is 172 Å². The van der Waals surface area contributed by atoms with Crippen LogP contribution in [0.1, 0.15) is 47.5 Å². The summed E-state index contributed by atoms with van der Waals surface area (Å²) in [5, 5.41) is 0.219. The minimum Gasteiger partial charge on any atom is -0.413 e. The van der Waals surface area contributed by atoms with E-state index in [0.29, 0.717) is 6.61 Å². The molecule has 0 unspecified atom stereocenters. The van der Waals surface area contributed by atoms with Crippen LogP contribution in [-0.2, 0) is 22.8 Å². The van der Waals surface area contributed by atoms with E-state index < -0.39 is 15.9 Å². The van der Waals surface area contributed by atoms with Gasteiger partial charge in [0.05, 0.1) is 6.61 Å². The van der Waals surface area contributed by atoms with Gasteiger partial charge in [0.25, 0.3) is 0 Å². The van der Waals surface area contributed by atoms with E-state index in [-0.39, 0.29) is 17.0 Å². The van der Waals surface area contributed by atoms with Gasteiger partial charge in [-0.1, -0.05) is 50.1 Å². The number of hydrogen-bond donors (Lipinski definition) is 0. The van der Waals surface area contributed by atoms with Gasteiger partial charge in [-0.3, -0.25) is 9.36 Å². The fraction of sp³-hybridized carbons (Fsp3) is 0.667. The van der Waals surface area contributed by atoms with Crippen LogP contribution < -0.4 is 0 Å². The highest BCUT2D eigenvalue weighted by Crippen LogP contribution is 2.46. The monoisotopic (exact) mass is 430 g/mol. The van der Waals surface area contributed by atoms with Crippen molar-refractivity contribution in [2.45, 2.75) is 65.6 Å². The third-order valence-electron chi connectivity index (χ3n) is 5.07. The number of carbonyl (C=O) groups is 1. The van der Waals surface area contributed by atoms with Crippen molar-refractivity contribution >= 4 is 21.7 Å². The van der Waals surface area contributed by atoms with Crippen LogP contribution in [0.15, 0.2) is 35.5 Å². The maximum atomic E-state index is 11.9. The van der Waals surface area contributed by atoms with Gasteiger partial charge in [-0.05, 0) is 50.9 Å². The number of ketones is 1. The second-order valence-electron chi connectivity index (χ2n) is 8.61. The van der Waals surface area contributed by atoms with E-state index in [1.807, 2.05) is 13.0 Å². The SMILES string of the molecule is COP(=O)(CC(=O)/C=C/C=C(\C)CC/C=C(\C)CO[Si](C)(C)C(C)(C)C)OC. The highest BCUT2D eigenvalue weighted by atomic mass is 31.2. The van der Waals surface area contributed by atoms with E-state index >= 15 is 0 Å². The zero-order valence-corrected chi connectivity index (χ0v) is 21.0. The van der Waals surface area contributed by atoms with Crippen molar-refractivity contribution in [2.75, 3.05) is 27.0 Å². The highest BCUT2D eigenvalue weighted by Gasteiger charge is 2.36. The van der Waals surface area contributed by atoms with Gasteiger partial charge in [-0.25, -0.2) is 0 Å². The molecule has 0 heterocycles. The predicted octanol–water partition coefficient (Wildman–Crippen LogP) is 6.29. The third kappa shape index (κ3) is 10.7. The second kappa shape index (κ2) is 12.0. The molecule has 0 spiro atoms. The first-order valence-electron chi connectivity index (χ1n) is 9.63. The Kier molecular flexibility index (Phi) is 11.7. The molecule has 0 atom stereocenters. The molecular weight excluding hydrogens is 391 g/mol. The summed E-state index contributed by atoms with van der Waals surface area (Å²) in [5.74, 6) is -0.283. The predicted molar refractivity (Wildman–Crippen MR) is 121 cm³/mol. The van der Waals surface area contributed by atoms with E-state index in [4.69, 9.17) is 13.5 Å². The molecule has 0 bridgehead atoms. The average Bonchev–Trinajstić information content (AvgIpc) is 2.59. The summed E-state index contributed by atoms with van der Waals surface area (Å²) in [4.78, 5) is 11.8. The molecule has 0 aromatic carbocycles. The van der Waals surface area contributed by atoms with Gasteiger partial charge in [-0.2, -0.15) is 0 Å². The lowest BCUT2D eigenvalue weighted by molar-refractivity contribution is -0.112. The van der Waals surface area contributed by atoms with E-state index in [1.165, 1.54) is 31.4 Å². The maximum absolute atomic E-state index is 11.9. The lowest BCUT2D eigenvalue weighted by atomic mass is 10.1. The van der Waals surface area contributed by atoms with Gasteiger partial charge in [0.2, 0.25) is 0 Å². The van der Waals surface area contributed by atoms with Crippen molar-refractivity contribution in [3.05, 3.63) is 35.5 Å². The first-order valence-corrected chi connectivity index (χ1v) is 14.3. The van der Waals surface area contributed by atoms with E-state index in [2.05, 4.69) is 46.9 Å². The minimum absolute atomic E-state index is 0.219. The molecule has 0 amide bonds. The molecule has 0 aromatic rings. The van der Waals surface area contributed by atoms with Crippen molar-refractivity contribution < 1.29 is 22.8 Å². The standard InChI is InChI=1S/C21H39O5PSi/c1-18(13-11-15-20(22)17-27(23,24-6)25-7)12-10-14-19(2)16-26-28(8,9)21(3,4)5/h11,13-15H,10,12,16-17H2,1-9H3/b15-11+,18-13+,19-14+. The van der Waals surface area contributed by atoms with Crippen LogP contribution in [0, 0.1) is 0 Å². The Bertz CT molecular complexity index is 634. The number of carbonyl (C=O) groups excluding carboxylic acids is 1. The Morgan fingerprint density at radius 2 is 1.64 bits per heavy atom. The van der Waals surface area contributed by atoms with Crippen LogP contribution in [0.3, 0.4) is 0 Å². The summed E-state index contributed by atoms with van der Waals surface area (Å²) in [6, 6.07) is 0. The van der Waals surface area contributed by atoms with Crippen LogP contribution in [0.5, 0.6) is 0 Å². The van der Waals surface area contributed by atoms with E-state index in [9.17, 15) is 9.36 Å². The van der Waals surface area contributed by atoms with Gasteiger partial charge < -0.3 is 13.5 Å². The smallest absolute Gasteiger partial charge is 0.337 e. The van der Waals surface area contributed by atoms with Gasteiger partial charge in [0.15, 0.2) is 14.1 Å². The number of rotatable bonds is 12. The molecule has 28 heavy (non-hydrogen) atoms. The Hall–Kier alpha value is -0.783. The van der Waals surface area contributed by atoms with Crippen molar-refractivity contribution in [2.24, 2.45) is 0 Å². The highest BCUT2D eigenvalue weighted by molar-refractivity contribution is 7.54. The van der Waals surface area contributed by atoms with Crippen molar-refractivity contribution in [1.82, 2.24) is 0 Å². The van der Waals surface area contributed by atoms with Crippen molar-refractivity contribution in [3.8, 4) is 0 Å². The average molecular weight is 431 g/mol. The van der Waals surface area contributed by atoms with Gasteiger partial charge >= 0.3 is 7.60 Å². The van der Waals surface area contributed by atoms with Crippen LogP contribution in [-0.4, -0.2) is 41.1 Å². The van der Waals surface area contributed by atoms with Crippen LogP contribution in [0.4, 0.5) is 0 Å². The van der Waals surface area contributed by atoms with E-state index in [1.54, 1.807) is 6.08 Å². The largest absolute Gasteiger partial charge is 0.413 e. The summed E-state index contributed by atoms with van der Waals surface area (Å²) in [5.41, 5.74) is 2.42. The molecule has 0 saturated carbocycles. The number of allylic oxidation sites excluding steroid dienone is 5. The molecule has 0 N–H and O–H groups in total. The molecule has 0 aliphatic carbocycles. The molecule has 0 aromatic heterocycles. The van der Waals surface area contributed by atoms with Crippen molar-refractivity contribution in [1.29, 1.82) is 0 Å². The molecule has 0 aliphatic heterocycles. The third-order valence-corrected chi connectivity index (χ3v) is 11.4. The number of hydrogen-bond acceptors (Lipinski definition) is 5. The fourth-order valence-electron chi connectivity index (χ4n) is 1.97. The van der Waals surface area contributed by atoms with Gasteiger partial charge in [-0.15, -0.1) is 0 Å². The molecule has 0 radical (unpaired) electrons. The first kappa shape index (κ1) is 27.2. The van der Waals surface area contributed by atoms with Gasteiger partial charge in [0, 0.05) is 14.2 Å². The Balaban J connectivity index is 4.46. The van der Waals surface area contributed by atoms with Crippen LogP contribution in [0.25, 0.3) is 0 Å². The summed E-state index contributed by atoms with van der Waals surface area (Å²) < 4.78 is 27.7. The van der Waals surface area contributed by atoms with Gasteiger partial charge in [0.1, 0.15) is 6.16 Å². The maximum Gasteiger partial charge on any atom is 0.337 e. The minimum atomic E-state index is -3.30. The molecule has 7 heteroatoms. The summed E-state index contributed by atoms with van der Waals surface area (Å²) in [6.07, 6.45) is 8.79. The summed E-state index contributed by atoms with van der Waals surface area (Å²) >= 11 is 0.